The van der Waals surface area contributed by atoms with Crippen LogP contribution in [0.3, 0.4) is 0 Å². The predicted molar refractivity (Wildman–Crippen MR) is 88.5 cm³/mol. The highest BCUT2D eigenvalue weighted by Gasteiger charge is 2.11. The van der Waals surface area contributed by atoms with E-state index >= 15 is 0 Å². The molecule has 0 aliphatic rings. The maximum Gasteiger partial charge on any atom is 0.138 e. The van der Waals surface area contributed by atoms with Crippen LogP contribution in [0.1, 0.15) is 30.8 Å². The van der Waals surface area contributed by atoms with E-state index in [9.17, 15) is 0 Å². The van der Waals surface area contributed by atoms with Crippen molar-refractivity contribution in [1.82, 2.24) is 15.1 Å². The van der Waals surface area contributed by atoms with Crippen molar-refractivity contribution in [3.63, 3.8) is 0 Å². The monoisotopic (exact) mass is 351 g/mol. The Morgan fingerprint density at radius 3 is 2.81 bits per heavy atom. The minimum atomic E-state index is 0.528. The zero-order valence-corrected chi connectivity index (χ0v) is 14.4. The smallest absolute Gasteiger partial charge is 0.138 e. The summed E-state index contributed by atoms with van der Waals surface area (Å²) in [5.74, 6) is 0.897. The molecule has 2 rings (SSSR count). The van der Waals surface area contributed by atoms with Crippen molar-refractivity contribution in [2.45, 2.75) is 40.0 Å². The minimum Gasteiger partial charge on any atom is -0.486 e. The van der Waals surface area contributed by atoms with E-state index in [4.69, 9.17) is 4.74 Å². The molecule has 0 atom stereocenters. The van der Waals surface area contributed by atoms with E-state index in [2.05, 4.69) is 52.3 Å². The zero-order chi connectivity index (χ0) is 15.2. The number of hydrogen-bond acceptors (Lipinski definition) is 3. The number of hydrogen-bond donors (Lipinski definition) is 1. The molecule has 2 aromatic rings. The third kappa shape index (κ3) is 3.86. The molecule has 0 aliphatic carbocycles. The average Bonchev–Trinajstić information content (AvgIpc) is 2.89. The van der Waals surface area contributed by atoms with Crippen molar-refractivity contribution >= 4 is 15.9 Å². The van der Waals surface area contributed by atoms with Gasteiger partial charge in [0.25, 0.3) is 0 Å². The Hall–Kier alpha value is -1.33. The number of benzene rings is 1. The fraction of sp³-hybridized carbons (Fsp3) is 0.438. The molecule has 0 aliphatic heterocycles. The predicted octanol–water partition coefficient (Wildman–Crippen LogP) is 3.53. The molecule has 1 heterocycles. The molecular weight excluding hydrogens is 330 g/mol. The molecule has 0 unspecified atom stereocenters. The van der Waals surface area contributed by atoms with Crippen molar-refractivity contribution < 1.29 is 4.74 Å². The molecule has 0 saturated carbocycles. The van der Waals surface area contributed by atoms with Gasteiger partial charge in [0.05, 0.1) is 15.9 Å². The summed E-state index contributed by atoms with van der Waals surface area (Å²) in [4.78, 5) is 0. The summed E-state index contributed by atoms with van der Waals surface area (Å²) in [6, 6.07) is 8.22. The number of nitrogens with zero attached hydrogens (tertiary/aromatic N) is 2. The highest BCUT2D eigenvalue weighted by atomic mass is 79.9. The maximum absolute atomic E-state index is 6.06. The van der Waals surface area contributed by atoms with E-state index in [1.807, 2.05) is 23.9 Å². The summed E-state index contributed by atoms with van der Waals surface area (Å²) >= 11 is 3.57. The van der Waals surface area contributed by atoms with E-state index in [0.717, 1.165) is 46.7 Å². The lowest BCUT2D eigenvalue weighted by Crippen LogP contribution is -2.10. The van der Waals surface area contributed by atoms with Crippen LogP contribution < -0.4 is 10.1 Å². The quantitative estimate of drug-likeness (QED) is 0.829. The molecule has 1 aromatic carbocycles. The van der Waals surface area contributed by atoms with Crippen LogP contribution in [0.5, 0.6) is 5.75 Å². The third-order valence-corrected chi connectivity index (χ3v) is 3.98. The molecule has 0 amide bonds. The number of para-hydroxylation sites is 1. The Balaban J connectivity index is 2.18. The van der Waals surface area contributed by atoms with Crippen molar-refractivity contribution in [3.8, 4) is 5.75 Å². The van der Waals surface area contributed by atoms with Gasteiger partial charge in [-0.3, -0.25) is 4.68 Å². The normalized spacial score (nSPS) is 10.9. The second kappa shape index (κ2) is 7.61. The van der Waals surface area contributed by atoms with Crippen LogP contribution >= 0.6 is 15.9 Å². The van der Waals surface area contributed by atoms with Crippen molar-refractivity contribution in [1.29, 1.82) is 0 Å². The fourth-order valence-corrected chi connectivity index (χ4v) is 2.79. The summed E-state index contributed by atoms with van der Waals surface area (Å²) in [5, 5.41) is 7.72. The van der Waals surface area contributed by atoms with Gasteiger partial charge in [-0.15, -0.1) is 0 Å². The SMILES string of the molecule is CCc1cc(COc2c(Br)cccc2CNC)n(CC)n1. The van der Waals surface area contributed by atoms with E-state index in [0.29, 0.717) is 6.61 Å². The summed E-state index contributed by atoms with van der Waals surface area (Å²) in [7, 11) is 1.93. The first-order chi connectivity index (χ1) is 10.2. The van der Waals surface area contributed by atoms with Gasteiger partial charge < -0.3 is 10.1 Å². The molecule has 1 N–H and O–H groups in total. The molecular formula is C16H22BrN3O. The third-order valence-electron chi connectivity index (χ3n) is 3.36. The molecule has 21 heavy (non-hydrogen) atoms. The Kier molecular flexibility index (Phi) is 5.82. The summed E-state index contributed by atoms with van der Waals surface area (Å²) in [6.45, 7) is 6.38. The molecule has 4 nitrogen and oxygen atoms in total. The van der Waals surface area contributed by atoms with Crippen molar-refractivity contribution in [2.24, 2.45) is 0 Å². The van der Waals surface area contributed by atoms with E-state index in [1.54, 1.807) is 0 Å². The zero-order valence-electron chi connectivity index (χ0n) is 12.8. The van der Waals surface area contributed by atoms with Crippen LogP contribution in [-0.4, -0.2) is 16.8 Å². The van der Waals surface area contributed by atoms with Crippen LogP contribution in [0.25, 0.3) is 0 Å². The number of ether oxygens (including phenoxy) is 1. The van der Waals surface area contributed by atoms with Gasteiger partial charge in [-0.1, -0.05) is 19.1 Å². The Morgan fingerprint density at radius 2 is 2.14 bits per heavy atom. The van der Waals surface area contributed by atoms with Gasteiger partial charge in [0.1, 0.15) is 12.4 Å². The lowest BCUT2D eigenvalue weighted by molar-refractivity contribution is 0.287. The molecule has 1 aromatic heterocycles. The van der Waals surface area contributed by atoms with Gasteiger partial charge in [0.2, 0.25) is 0 Å². The second-order valence-corrected chi connectivity index (χ2v) is 5.70. The molecule has 0 bridgehead atoms. The summed E-state index contributed by atoms with van der Waals surface area (Å²) < 4.78 is 9.05. The fourth-order valence-electron chi connectivity index (χ4n) is 2.27. The first-order valence-electron chi connectivity index (χ1n) is 7.30. The Bertz CT molecular complexity index is 595. The van der Waals surface area contributed by atoms with Crippen LogP contribution in [0, 0.1) is 0 Å². The number of aromatic nitrogens is 2. The van der Waals surface area contributed by atoms with Crippen molar-refractivity contribution in [3.05, 3.63) is 45.7 Å². The summed E-state index contributed by atoms with van der Waals surface area (Å²) in [5.41, 5.74) is 3.36. The number of nitrogens with one attached hydrogen (secondary N) is 1. The molecule has 5 heteroatoms. The number of aryl methyl sites for hydroxylation is 2. The van der Waals surface area contributed by atoms with E-state index in [1.165, 1.54) is 0 Å². The van der Waals surface area contributed by atoms with Gasteiger partial charge in [-0.2, -0.15) is 5.10 Å². The van der Waals surface area contributed by atoms with Crippen LogP contribution in [0.4, 0.5) is 0 Å². The van der Waals surface area contributed by atoms with Gasteiger partial charge in [-0.25, -0.2) is 0 Å². The molecule has 114 valence electrons. The van der Waals surface area contributed by atoms with Crippen molar-refractivity contribution in [2.75, 3.05) is 7.05 Å². The molecule has 0 fully saturated rings. The van der Waals surface area contributed by atoms with Gasteiger partial charge in [-0.05, 0) is 48.5 Å². The number of rotatable bonds is 7. The molecule has 0 spiro atoms. The minimum absolute atomic E-state index is 0.528. The lowest BCUT2D eigenvalue weighted by atomic mass is 10.2. The highest BCUT2D eigenvalue weighted by Crippen LogP contribution is 2.29. The molecule has 0 radical (unpaired) electrons. The van der Waals surface area contributed by atoms with Gasteiger partial charge >= 0.3 is 0 Å². The Morgan fingerprint density at radius 1 is 1.33 bits per heavy atom. The second-order valence-electron chi connectivity index (χ2n) is 4.84. The van der Waals surface area contributed by atoms with Crippen LogP contribution in [-0.2, 0) is 26.1 Å². The topological polar surface area (TPSA) is 39.1 Å². The first-order valence-corrected chi connectivity index (χ1v) is 8.09. The maximum atomic E-state index is 6.06. The average molecular weight is 352 g/mol. The van der Waals surface area contributed by atoms with Gasteiger partial charge in [0, 0.05) is 18.7 Å². The highest BCUT2D eigenvalue weighted by molar-refractivity contribution is 9.10. The van der Waals surface area contributed by atoms with Gasteiger partial charge in [0.15, 0.2) is 0 Å². The van der Waals surface area contributed by atoms with Crippen LogP contribution in [0.15, 0.2) is 28.7 Å². The first kappa shape index (κ1) is 16.0. The molecule has 0 saturated heterocycles. The van der Waals surface area contributed by atoms with E-state index in [-0.39, 0.29) is 0 Å². The summed E-state index contributed by atoms with van der Waals surface area (Å²) in [6.07, 6.45) is 0.944. The van der Waals surface area contributed by atoms with E-state index < -0.39 is 0 Å². The number of halogens is 1. The standard InChI is InChI=1S/C16H22BrN3O/c1-4-13-9-14(20(5-2)19-13)11-21-16-12(10-18-3)7-6-8-15(16)17/h6-9,18H,4-5,10-11H2,1-3H3. The largest absolute Gasteiger partial charge is 0.486 e. The lowest BCUT2D eigenvalue weighted by Gasteiger charge is -2.13. The Labute approximate surface area is 134 Å². The van der Waals surface area contributed by atoms with Crippen LogP contribution in [0.2, 0.25) is 0 Å².